The average Bonchev–Trinajstić information content (AvgIpc) is 2.47. The van der Waals surface area contributed by atoms with Crippen LogP contribution in [0.2, 0.25) is 0 Å². The number of carbonyl (C=O) groups is 1. The van der Waals surface area contributed by atoms with Crippen LogP contribution >= 0.6 is 0 Å². The fourth-order valence-electron chi connectivity index (χ4n) is 2.34. The minimum atomic E-state index is 0.232. The third-order valence-electron chi connectivity index (χ3n) is 3.39. The Morgan fingerprint density at radius 1 is 1.11 bits per heavy atom. The Hall–Kier alpha value is -2.16. The van der Waals surface area contributed by atoms with Crippen molar-refractivity contribution >= 4 is 5.78 Å². The third kappa shape index (κ3) is 2.65. The van der Waals surface area contributed by atoms with Crippen molar-refractivity contribution in [2.75, 3.05) is 0 Å². The van der Waals surface area contributed by atoms with Crippen molar-refractivity contribution in [2.24, 2.45) is 0 Å². The van der Waals surface area contributed by atoms with E-state index < -0.39 is 0 Å². The quantitative estimate of drug-likeness (QED) is 0.843. The number of ether oxygens (including phenoxy) is 1. The van der Waals surface area contributed by atoms with E-state index in [0.717, 1.165) is 35.3 Å². The van der Waals surface area contributed by atoms with Gasteiger partial charge < -0.3 is 4.74 Å². The first-order valence-corrected chi connectivity index (χ1v) is 6.51. The number of hydrogen-bond donors (Lipinski definition) is 0. The number of aryl methyl sites for hydroxylation is 1. The van der Waals surface area contributed by atoms with Crippen molar-refractivity contribution in [2.45, 2.75) is 25.9 Å². The van der Waals surface area contributed by atoms with Crippen LogP contribution in [0.5, 0.6) is 5.75 Å². The zero-order valence-electron chi connectivity index (χ0n) is 10.6. The molecular formula is C16H15NO2. The molecule has 0 N–H and O–H groups in total. The van der Waals surface area contributed by atoms with Gasteiger partial charge in [-0.25, -0.2) is 0 Å². The van der Waals surface area contributed by atoms with Crippen molar-refractivity contribution in [3.05, 3.63) is 59.4 Å². The van der Waals surface area contributed by atoms with Crippen molar-refractivity contribution < 1.29 is 9.53 Å². The van der Waals surface area contributed by atoms with E-state index in [2.05, 4.69) is 4.98 Å². The first kappa shape index (κ1) is 11.9. The highest BCUT2D eigenvalue weighted by Crippen LogP contribution is 2.25. The van der Waals surface area contributed by atoms with E-state index in [4.69, 9.17) is 4.74 Å². The molecule has 1 aliphatic rings. The fourth-order valence-corrected chi connectivity index (χ4v) is 2.34. The molecule has 0 bridgehead atoms. The lowest BCUT2D eigenvalue weighted by molar-refractivity contribution is 0.0972. The SMILES string of the molecule is O=C1CCCc2ccc(OCc3ccncc3)cc21. The predicted molar refractivity (Wildman–Crippen MR) is 72.3 cm³/mol. The van der Waals surface area contributed by atoms with Crippen LogP contribution in [0.1, 0.15) is 34.3 Å². The summed E-state index contributed by atoms with van der Waals surface area (Å²) in [6, 6.07) is 9.66. The minimum absolute atomic E-state index is 0.232. The number of hydrogen-bond acceptors (Lipinski definition) is 3. The molecule has 96 valence electrons. The van der Waals surface area contributed by atoms with Crippen LogP contribution in [0, 0.1) is 0 Å². The monoisotopic (exact) mass is 253 g/mol. The molecule has 0 radical (unpaired) electrons. The lowest BCUT2D eigenvalue weighted by atomic mass is 9.90. The molecule has 2 aromatic rings. The molecule has 0 amide bonds. The van der Waals surface area contributed by atoms with Crippen LogP contribution in [0.3, 0.4) is 0 Å². The molecule has 1 aromatic heterocycles. The van der Waals surface area contributed by atoms with E-state index >= 15 is 0 Å². The molecule has 19 heavy (non-hydrogen) atoms. The summed E-state index contributed by atoms with van der Waals surface area (Å²) in [5.74, 6) is 0.987. The summed E-state index contributed by atoms with van der Waals surface area (Å²) in [7, 11) is 0. The number of rotatable bonds is 3. The molecular weight excluding hydrogens is 238 g/mol. The summed E-state index contributed by atoms with van der Waals surface area (Å²) in [6.07, 6.45) is 6.10. The first-order valence-electron chi connectivity index (χ1n) is 6.51. The van der Waals surface area contributed by atoms with Crippen LogP contribution in [0.15, 0.2) is 42.7 Å². The second-order valence-electron chi connectivity index (χ2n) is 4.74. The maximum Gasteiger partial charge on any atom is 0.163 e. The number of pyridine rings is 1. The Balaban J connectivity index is 1.75. The fraction of sp³-hybridized carbons (Fsp3) is 0.250. The van der Waals surface area contributed by atoms with Gasteiger partial charge in [-0.05, 0) is 48.2 Å². The highest BCUT2D eigenvalue weighted by atomic mass is 16.5. The molecule has 0 saturated heterocycles. The van der Waals surface area contributed by atoms with Gasteiger partial charge in [-0.1, -0.05) is 6.07 Å². The van der Waals surface area contributed by atoms with Gasteiger partial charge in [0.05, 0.1) is 0 Å². The first-order chi connectivity index (χ1) is 9.33. The van der Waals surface area contributed by atoms with Crippen LogP contribution in [0.4, 0.5) is 0 Å². The van der Waals surface area contributed by atoms with Gasteiger partial charge in [0.15, 0.2) is 5.78 Å². The van der Waals surface area contributed by atoms with Gasteiger partial charge in [0, 0.05) is 24.4 Å². The van der Waals surface area contributed by atoms with E-state index in [9.17, 15) is 4.79 Å². The molecule has 0 spiro atoms. The summed E-state index contributed by atoms with van der Waals surface area (Å²) in [4.78, 5) is 15.8. The molecule has 1 aromatic carbocycles. The molecule has 0 unspecified atom stereocenters. The number of ketones is 1. The summed E-state index contributed by atoms with van der Waals surface area (Å²) in [5.41, 5.74) is 3.05. The number of benzene rings is 1. The Morgan fingerprint density at radius 3 is 2.79 bits per heavy atom. The van der Waals surface area contributed by atoms with E-state index in [0.29, 0.717) is 13.0 Å². The molecule has 0 aliphatic heterocycles. The lowest BCUT2D eigenvalue weighted by Gasteiger charge is -2.15. The predicted octanol–water partition coefficient (Wildman–Crippen LogP) is 3.18. The Kier molecular flexibility index (Phi) is 3.27. The smallest absolute Gasteiger partial charge is 0.163 e. The van der Waals surface area contributed by atoms with E-state index in [1.54, 1.807) is 12.4 Å². The summed E-state index contributed by atoms with van der Waals surface area (Å²) in [5, 5.41) is 0. The molecule has 3 rings (SSSR count). The highest BCUT2D eigenvalue weighted by Gasteiger charge is 2.17. The largest absolute Gasteiger partial charge is 0.489 e. The molecule has 0 atom stereocenters. The molecule has 3 nitrogen and oxygen atoms in total. The van der Waals surface area contributed by atoms with Crippen molar-refractivity contribution in [1.29, 1.82) is 0 Å². The average molecular weight is 253 g/mol. The number of nitrogens with zero attached hydrogens (tertiary/aromatic N) is 1. The second-order valence-corrected chi connectivity index (χ2v) is 4.74. The van der Waals surface area contributed by atoms with E-state index in [-0.39, 0.29) is 5.78 Å². The van der Waals surface area contributed by atoms with Crippen LogP contribution in [-0.2, 0) is 13.0 Å². The molecule has 0 fully saturated rings. The topological polar surface area (TPSA) is 39.2 Å². The molecule has 1 heterocycles. The van der Waals surface area contributed by atoms with Gasteiger partial charge >= 0.3 is 0 Å². The van der Waals surface area contributed by atoms with Crippen LogP contribution < -0.4 is 4.74 Å². The third-order valence-corrected chi connectivity index (χ3v) is 3.39. The molecule has 1 aliphatic carbocycles. The number of Topliss-reactive ketones (excluding diaryl/α,β-unsaturated/α-hetero) is 1. The normalized spacial score (nSPS) is 14.0. The van der Waals surface area contributed by atoms with Gasteiger partial charge in [0.1, 0.15) is 12.4 Å². The van der Waals surface area contributed by atoms with Gasteiger partial charge in [-0.3, -0.25) is 9.78 Å². The Bertz CT molecular complexity index is 593. The Labute approximate surface area is 112 Å². The van der Waals surface area contributed by atoms with Crippen molar-refractivity contribution in [3.63, 3.8) is 0 Å². The lowest BCUT2D eigenvalue weighted by Crippen LogP contribution is -2.10. The number of aromatic nitrogens is 1. The number of fused-ring (bicyclic) bond motifs is 1. The van der Waals surface area contributed by atoms with E-state index in [1.807, 2.05) is 30.3 Å². The summed E-state index contributed by atoms with van der Waals surface area (Å²) in [6.45, 7) is 0.496. The maximum absolute atomic E-state index is 11.8. The van der Waals surface area contributed by atoms with Crippen molar-refractivity contribution in [1.82, 2.24) is 4.98 Å². The van der Waals surface area contributed by atoms with Gasteiger partial charge in [-0.15, -0.1) is 0 Å². The van der Waals surface area contributed by atoms with Crippen LogP contribution in [0.25, 0.3) is 0 Å². The summed E-state index contributed by atoms with van der Waals surface area (Å²) >= 11 is 0. The second kappa shape index (κ2) is 5.22. The zero-order valence-corrected chi connectivity index (χ0v) is 10.6. The summed E-state index contributed by atoms with van der Waals surface area (Å²) < 4.78 is 5.73. The van der Waals surface area contributed by atoms with Gasteiger partial charge in [-0.2, -0.15) is 0 Å². The molecule has 3 heteroatoms. The van der Waals surface area contributed by atoms with Crippen molar-refractivity contribution in [3.8, 4) is 5.75 Å². The zero-order chi connectivity index (χ0) is 13.1. The Morgan fingerprint density at radius 2 is 1.95 bits per heavy atom. The van der Waals surface area contributed by atoms with Gasteiger partial charge in [0.25, 0.3) is 0 Å². The number of carbonyl (C=O) groups excluding carboxylic acids is 1. The van der Waals surface area contributed by atoms with E-state index in [1.165, 1.54) is 0 Å². The molecule has 0 saturated carbocycles. The minimum Gasteiger partial charge on any atom is -0.489 e. The highest BCUT2D eigenvalue weighted by molar-refractivity contribution is 5.98. The van der Waals surface area contributed by atoms with Gasteiger partial charge in [0.2, 0.25) is 0 Å². The van der Waals surface area contributed by atoms with Crippen LogP contribution in [-0.4, -0.2) is 10.8 Å². The maximum atomic E-state index is 11.8. The standard InChI is InChI=1S/C16H15NO2/c18-16-3-1-2-13-4-5-14(10-15(13)16)19-11-12-6-8-17-9-7-12/h4-10H,1-3,11H2.